The Labute approximate surface area is 825 Å². The van der Waals surface area contributed by atoms with Crippen LogP contribution in [0.1, 0.15) is 206 Å². The third-order valence-corrected chi connectivity index (χ3v) is 20.2. The largest absolute Gasteiger partial charge is 0.463 e. The highest BCUT2D eigenvalue weighted by atomic mass is 16.6. The molecule has 40 nitrogen and oxygen atoms in total. The normalized spacial score (nSPS) is 19.2. The lowest BCUT2D eigenvalue weighted by atomic mass is 10.1. The lowest BCUT2D eigenvalue weighted by molar-refractivity contribution is -0.149. The van der Waals surface area contributed by atoms with Crippen molar-refractivity contribution in [3.05, 3.63) is 101 Å². The van der Waals surface area contributed by atoms with Crippen molar-refractivity contribution < 1.29 is 186 Å². The molecule has 10 unspecified atom stereocenters. The van der Waals surface area contributed by atoms with E-state index in [1.165, 1.54) is 0 Å². The molecule has 140 heavy (non-hydrogen) atoms. The number of carbonyl (C=O) groups excluding carboxylic acids is 13. The van der Waals surface area contributed by atoms with Crippen LogP contribution in [0.2, 0.25) is 0 Å². The Morgan fingerprint density at radius 3 is 0.864 bits per heavy atom. The first-order valence-corrected chi connectivity index (χ1v) is 48.7. The molecular formula is C100H159NO39. The summed E-state index contributed by atoms with van der Waals surface area (Å²) in [5, 5.41) is 11.8. The Balaban J connectivity index is 0.000000801. The molecule has 0 aliphatic carbocycles. The molecule has 0 aromatic heterocycles. The SMILES string of the molecule is C=CC(=O)OC(C)COCC1CCCO1.C=CC(=O)OCC(O)COCC1CCCO1.C=CC(=O)OCCCCC(=O)OCC1CCCCO1.C=CC(=O)OCCCCC(=O)OCC1CCCO1.C=CC(=O)OCCCCCC(=O)OCC1CCCO1.C=CC(=O)OCCCCCC(=O)OCC1CCCO1.C=CC(=O)OCCNC(=O)OCC1CCCO1.C=CC(=O)OCCOCCOCC1CCCO1. The predicted molar refractivity (Wildman–Crippen MR) is 507 cm³/mol. The number of alkyl carbamates (subject to hydrolysis) is 1. The maximum Gasteiger partial charge on any atom is 0.407 e. The van der Waals surface area contributed by atoms with Gasteiger partial charge in [-0.1, -0.05) is 52.6 Å². The molecule has 8 aliphatic heterocycles. The number of ether oxygens (including phenoxy) is 25. The number of carbonyl (C=O) groups is 13. The average Bonchev–Trinajstić information content (AvgIpc) is 1.93. The highest BCUT2D eigenvalue weighted by molar-refractivity contribution is 5.84. The van der Waals surface area contributed by atoms with E-state index in [2.05, 4.69) is 67.4 Å². The highest BCUT2D eigenvalue weighted by Crippen LogP contribution is 2.20. The van der Waals surface area contributed by atoms with E-state index in [-0.39, 0.29) is 118 Å². The van der Waals surface area contributed by atoms with E-state index in [9.17, 15) is 67.4 Å². The van der Waals surface area contributed by atoms with Crippen LogP contribution in [0.3, 0.4) is 0 Å². The fourth-order valence-electron chi connectivity index (χ4n) is 12.7. The second kappa shape index (κ2) is 90.6. The van der Waals surface area contributed by atoms with Crippen LogP contribution >= 0.6 is 0 Å². The van der Waals surface area contributed by atoms with E-state index in [0.717, 1.165) is 249 Å². The van der Waals surface area contributed by atoms with Gasteiger partial charge in [-0.15, -0.1) is 0 Å². The molecule has 0 radical (unpaired) electrons. The van der Waals surface area contributed by atoms with Gasteiger partial charge in [0.1, 0.15) is 65.1 Å². The van der Waals surface area contributed by atoms with E-state index in [4.69, 9.17) is 109 Å². The molecule has 0 aromatic carbocycles. The van der Waals surface area contributed by atoms with Crippen LogP contribution < -0.4 is 5.32 Å². The first-order valence-electron chi connectivity index (χ1n) is 48.7. The van der Waals surface area contributed by atoms with Crippen molar-refractivity contribution >= 4 is 77.7 Å². The van der Waals surface area contributed by atoms with Crippen molar-refractivity contribution in [2.24, 2.45) is 0 Å². The fraction of sp³-hybridized carbons (Fsp3) is 0.710. The molecule has 8 aliphatic rings. The minimum atomic E-state index is -0.801. The van der Waals surface area contributed by atoms with Gasteiger partial charge >= 0.3 is 77.7 Å². The number of nitrogens with one attached hydrogen (secondary N) is 1. The van der Waals surface area contributed by atoms with Crippen molar-refractivity contribution in [3.63, 3.8) is 0 Å². The smallest absolute Gasteiger partial charge is 0.407 e. The van der Waals surface area contributed by atoms with Gasteiger partial charge in [-0.3, -0.25) is 19.2 Å². The maximum absolute atomic E-state index is 11.4. The number of hydrogen-bond donors (Lipinski definition) is 2. The van der Waals surface area contributed by atoms with E-state index in [1.54, 1.807) is 6.92 Å². The second-order valence-electron chi connectivity index (χ2n) is 32.2. The van der Waals surface area contributed by atoms with Crippen molar-refractivity contribution in [1.29, 1.82) is 0 Å². The Morgan fingerprint density at radius 1 is 0.271 bits per heavy atom. The maximum atomic E-state index is 11.4. The van der Waals surface area contributed by atoms with Gasteiger partial charge in [0, 0.05) is 127 Å². The Bertz CT molecular complexity index is 3340. The quantitative estimate of drug-likeness (QED) is 0.0247. The average molecular weight is 2000 g/mol. The Hall–Kier alpha value is -9.69. The summed E-state index contributed by atoms with van der Waals surface area (Å²) < 4.78 is 128. The molecule has 8 rings (SSSR count). The van der Waals surface area contributed by atoms with E-state index in [0.29, 0.717) is 150 Å². The number of esters is 12. The Kier molecular flexibility index (Phi) is 83.0. The van der Waals surface area contributed by atoms with Gasteiger partial charge in [0.2, 0.25) is 0 Å². The van der Waals surface area contributed by atoms with Crippen LogP contribution in [0.15, 0.2) is 101 Å². The minimum Gasteiger partial charge on any atom is -0.463 e. The molecule has 1 amide bonds. The third kappa shape index (κ3) is 79.9. The summed E-state index contributed by atoms with van der Waals surface area (Å²) in [7, 11) is 0. The third-order valence-electron chi connectivity index (χ3n) is 20.2. The summed E-state index contributed by atoms with van der Waals surface area (Å²) in [5.74, 6) is -4.38. The molecule has 2 N–H and O–H groups in total. The number of rotatable bonds is 62. The van der Waals surface area contributed by atoms with Crippen molar-refractivity contribution in [3.8, 4) is 0 Å². The zero-order valence-corrected chi connectivity index (χ0v) is 82.4. The minimum absolute atomic E-state index is 0.0133. The molecule has 8 fully saturated rings. The highest BCUT2D eigenvalue weighted by Gasteiger charge is 2.25. The van der Waals surface area contributed by atoms with Crippen LogP contribution in [-0.2, 0) is 176 Å². The molecule has 40 heteroatoms. The number of hydrogen-bond acceptors (Lipinski definition) is 39. The van der Waals surface area contributed by atoms with Crippen molar-refractivity contribution in [1.82, 2.24) is 5.32 Å². The van der Waals surface area contributed by atoms with Crippen molar-refractivity contribution in [2.45, 2.75) is 267 Å². The number of amides is 1. The molecule has 0 spiro atoms. The molecule has 798 valence electrons. The summed E-state index contributed by atoms with van der Waals surface area (Å²) in [6, 6.07) is 0. The lowest BCUT2D eigenvalue weighted by Gasteiger charge is -2.22. The summed E-state index contributed by atoms with van der Waals surface area (Å²) in [4.78, 5) is 143. The van der Waals surface area contributed by atoms with Gasteiger partial charge in [-0.25, -0.2) is 43.2 Å². The second-order valence-corrected chi connectivity index (χ2v) is 32.2. The van der Waals surface area contributed by atoms with Crippen LogP contribution in [0, 0.1) is 0 Å². The van der Waals surface area contributed by atoms with E-state index < -0.39 is 60.0 Å². The van der Waals surface area contributed by atoms with Crippen molar-refractivity contribution in [2.75, 3.05) is 192 Å². The van der Waals surface area contributed by atoms with Crippen LogP contribution in [0.5, 0.6) is 0 Å². The lowest BCUT2D eigenvalue weighted by Crippen LogP contribution is -2.30. The number of unbranched alkanes of at least 4 members (excludes halogenated alkanes) is 6. The van der Waals surface area contributed by atoms with Gasteiger partial charge in [-0.05, 0) is 180 Å². The fourth-order valence-corrected chi connectivity index (χ4v) is 12.7. The van der Waals surface area contributed by atoms with Crippen LogP contribution in [-0.4, -0.2) is 335 Å². The molecule has 10 atom stereocenters. The number of aliphatic hydroxyl groups is 1. The van der Waals surface area contributed by atoms with Crippen LogP contribution in [0.25, 0.3) is 0 Å². The monoisotopic (exact) mass is 2000 g/mol. The molecular weight excluding hydrogens is 1840 g/mol. The van der Waals surface area contributed by atoms with Gasteiger partial charge in [-0.2, -0.15) is 0 Å². The number of aliphatic hydroxyl groups excluding tert-OH is 1. The van der Waals surface area contributed by atoms with Gasteiger partial charge in [0.15, 0.2) is 0 Å². The van der Waals surface area contributed by atoms with E-state index >= 15 is 0 Å². The molecule has 0 saturated carbocycles. The molecule has 0 aromatic rings. The van der Waals surface area contributed by atoms with Crippen LogP contribution in [0.4, 0.5) is 4.79 Å². The van der Waals surface area contributed by atoms with Gasteiger partial charge in [0.25, 0.3) is 0 Å². The van der Waals surface area contributed by atoms with Gasteiger partial charge < -0.3 is 129 Å². The topological polar surface area (TPSA) is 485 Å². The first kappa shape index (κ1) is 128. The zero-order valence-electron chi connectivity index (χ0n) is 82.4. The summed E-state index contributed by atoms with van der Waals surface area (Å²) in [5.41, 5.74) is 0. The van der Waals surface area contributed by atoms with E-state index in [1.807, 2.05) is 0 Å². The summed E-state index contributed by atoms with van der Waals surface area (Å²) >= 11 is 0. The zero-order chi connectivity index (χ0) is 103. The Morgan fingerprint density at radius 2 is 0.536 bits per heavy atom. The first-order chi connectivity index (χ1) is 67.9. The van der Waals surface area contributed by atoms with Gasteiger partial charge in [0.05, 0.1) is 135 Å². The molecule has 0 bridgehead atoms. The summed E-state index contributed by atoms with van der Waals surface area (Å²) in [6.45, 7) is 41.5. The standard InChI is InChI=1S/3C14H22O5.C13H20O5.C12H20O5.C11H17NO5.C11H18O5.C11H18O4/c1-2-13(15)18-10-6-4-8-14(16)19-11-12-7-3-5-9-17-12;2*1-2-13(15)18-9-5-3-4-8-14(16)19-11-12-7-6-10-17-12;1-2-12(14)17-8-4-3-7-13(15)18-10-11-6-5-9-16-11;1-2-12(13)17-9-8-14-6-7-15-10-11-4-3-5-16-11;1-2-10(13)16-7-5-12-11(14)17-8-9-4-3-6-15-9;1-2-11(13)16-7-9(12)6-14-8-10-4-3-5-15-10;1-3-11(12)15-9(2)7-13-8-10-5-4-6-14-10/h3*2,12H,1,3-11H2;2,11H,1,3-10H2;2,11H,1,3-10H2;2,9H,1,3-8H2,(H,12,14);2,9-10,12H,1,3-8H2;3,9-10H,1,4-8H2,2H3. The molecule has 8 saturated heterocycles. The summed E-state index contributed by atoms with van der Waals surface area (Å²) in [6.07, 6.45) is 34.6. The predicted octanol–water partition coefficient (Wildman–Crippen LogP) is 10.7. The molecule has 8 heterocycles.